The maximum atomic E-state index is 13.3. The Morgan fingerprint density at radius 1 is 1.53 bits per heavy atom. The molecule has 104 valence electrons. The summed E-state index contributed by atoms with van der Waals surface area (Å²) in [5.41, 5.74) is 5.73. The van der Waals surface area contributed by atoms with Crippen LogP contribution in [-0.4, -0.2) is 37.0 Å². The largest absolute Gasteiger partial charge is 0.396 e. The van der Waals surface area contributed by atoms with Crippen molar-refractivity contribution < 1.29 is 9.18 Å². The highest BCUT2D eigenvalue weighted by molar-refractivity contribution is 5.99. The molecule has 4 nitrogen and oxygen atoms in total. The number of carbonyl (C=O) groups is 1. The highest BCUT2D eigenvalue weighted by Gasteiger charge is 2.26. The second kappa shape index (κ2) is 5.57. The van der Waals surface area contributed by atoms with Crippen molar-refractivity contribution in [2.24, 2.45) is 5.92 Å². The molecule has 1 aromatic rings. The Labute approximate surface area is 112 Å². The second-order valence-electron chi connectivity index (χ2n) is 5.31. The SMILES string of the molecule is CC1CN(C)CCC1NC(=O)c1cccc(F)c1N. The van der Waals surface area contributed by atoms with Crippen LogP contribution in [0.25, 0.3) is 0 Å². The van der Waals surface area contributed by atoms with Gasteiger partial charge in [0.25, 0.3) is 5.91 Å². The summed E-state index contributed by atoms with van der Waals surface area (Å²) in [6, 6.07) is 4.42. The third-order valence-electron chi connectivity index (χ3n) is 3.72. The first-order valence-corrected chi connectivity index (χ1v) is 6.52. The zero-order chi connectivity index (χ0) is 14.0. The summed E-state index contributed by atoms with van der Waals surface area (Å²) in [6.45, 7) is 4.01. The summed E-state index contributed by atoms with van der Waals surface area (Å²) in [7, 11) is 2.07. The van der Waals surface area contributed by atoms with Crippen LogP contribution in [-0.2, 0) is 0 Å². The third-order valence-corrected chi connectivity index (χ3v) is 3.72. The number of para-hydroxylation sites is 1. The van der Waals surface area contributed by atoms with E-state index in [2.05, 4.69) is 24.2 Å². The first-order chi connectivity index (χ1) is 8.99. The molecule has 1 fully saturated rings. The van der Waals surface area contributed by atoms with Crippen LogP contribution in [0.5, 0.6) is 0 Å². The topological polar surface area (TPSA) is 58.4 Å². The van der Waals surface area contributed by atoms with Crippen LogP contribution in [0.2, 0.25) is 0 Å². The summed E-state index contributed by atoms with van der Waals surface area (Å²) in [6.07, 6.45) is 0.901. The lowest BCUT2D eigenvalue weighted by molar-refractivity contribution is 0.0884. The van der Waals surface area contributed by atoms with Crippen LogP contribution in [0.3, 0.4) is 0 Å². The third kappa shape index (κ3) is 3.04. The van der Waals surface area contributed by atoms with Crippen LogP contribution in [0.15, 0.2) is 18.2 Å². The fourth-order valence-corrected chi connectivity index (χ4v) is 2.55. The van der Waals surface area contributed by atoms with Crippen molar-refractivity contribution in [3.05, 3.63) is 29.6 Å². The number of nitrogen functional groups attached to an aromatic ring is 1. The number of likely N-dealkylation sites (tertiary alicyclic amines) is 1. The minimum absolute atomic E-state index is 0.0828. The van der Waals surface area contributed by atoms with Gasteiger partial charge in [0, 0.05) is 12.6 Å². The van der Waals surface area contributed by atoms with Crippen molar-refractivity contribution in [2.45, 2.75) is 19.4 Å². The average molecular weight is 265 g/mol. The zero-order valence-corrected chi connectivity index (χ0v) is 11.3. The molecule has 1 aliphatic heterocycles. The molecule has 0 saturated carbocycles. The van der Waals surface area contributed by atoms with Gasteiger partial charge in [-0.1, -0.05) is 13.0 Å². The minimum atomic E-state index is -0.552. The Hall–Kier alpha value is -1.62. The van der Waals surface area contributed by atoms with Crippen molar-refractivity contribution in [1.29, 1.82) is 0 Å². The smallest absolute Gasteiger partial charge is 0.253 e. The Morgan fingerprint density at radius 2 is 2.26 bits per heavy atom. The second-order valence-corrected chi connectivity index (χ2v) is 5.31. The highest BCUT2D eigenvalue weighted by atomic mass is 19.1. The van der Waals surface area contributed by atoms with Gasteiger partial charge < -0.3 is 16.0 Å². The van der Waals surface area contributed by atoms with E-state index >= 15 is 0 Å². The van der Waals surface area contributed by atoms with Gasteiger partial charge in [-0.05, 0) is 38.1 Å². The summed E-state index contributed by atoms with van der Waals surface area (Å²) in [5, 5.41) is 2.96. The van der Waals surface area contributed by atoms with E-state index in [9.17, 15) is 9.18 Å². The number of hydrogen-bond donors (Lipinski definition) is 2. The van der Waals surface area contributed by atoms with Crippen molar-refractivity contribution in [1.82, 2.24) is 10.2 Å². The Bertz CT molecular complexity index is 478. The number of anilines is 1. The standard InChI is InChI=1S/C14H20FN3O/c1-9-8-18(2)7-6-12(9)17-14(19)10-4-3-5-11(15)13(10)16/h3-5,9,12H,6-8,16H2,1-2H3,(H,17,19). The summed E-state index contributed by atoms with van der Waals surface area (Å²) in [5.74, 6) is -0.472. The van der Waals surface area contributed by atoms with Crippen LogP contribution in [0, 0.1) is 11.7 Å². The van der Waals surface area contributed by atoms with E-state index in [4.69, 9.17) is 5.73 Å². The number of piperidine rings is 1. The van der Waals surface area contributed by atoms with Gasteiger partial charge in [0.2, 0.25) is 0 Å². The maximum absolute atomic E-state index is 13.3. The van der Waals surface area contributed by atoms with E-state index in [0.717, 1.165) is 19.5 Å². The van der Waals surface area contributed by atoms with Gasteiger partial charge in [-0.3, -0.25) is 4.79 Å². The minimum Gasteiger partial charge on any atom is -0.396 e. The van der Waals surface area contributed by atoms with Crippen molar-refractivity contribution in [2.75, 3.05) is 25.9 Å². The van der Waals surface area contributed by atoms with E-state index in [1.54, 1.807) is 6.07 Å². The predicted molar refractivity (Wildman–Crippen MR) is 73.3 cm³/mol. The number of benzene rings is 1. The molecular formula is C14H20FN3O. The number of halogens is 1. The van der Waals surface area contributed by atoms with E-state index < -0.39 is 5.82 Å². The molecule has 1 saturated heterocycles. The summed E-state index contributed by atoms with van der Waals surface area (Å²) >= 11 is 0. The zero-order valence-electron chi connectivity index (χ0n) is 11.3. The fraction of sp³-hybridized carbons (Fsp3) is 0.500. The molecule has 3 N–H and O–H groups in total. The van der Waals surface area contributed by atoms with Crippen LogP contribution in [0.1, 0.15) is 23.7 Å². The first-order valence-electron chi connectivity index (χ1n) is 6.52. The van der Waals surface area contributed by atoms with Crippen LogP contribution < -0.4 is 11.1 Å². The molecule has 5 heteroatoms. The Kier molecular flexibility index (Phi) is 4.04. The molecule has 19 heavy (non-hydrogen) atoms. The van der Waals surface area contributed by atoms with Gasteiger partial charge in [-0.2, -0.15) is 0 Å². The number of rotatable bonds is 2. The molecule has 0 aliphatic carbocycles. The molecule has 1 amide bonds. The lowest BCUT2D eigenvalue weighted by Crippen LogP contribution is -2.49. The molecule has 0 bridgehead atoms. The van der Waals surface area contributed by atoms with Crippen LogP contribution in [0.4, 0.5) is 10.1 Å². The van der Waals surface area contributed by atoms with Gasteiger partial charge in [0.05, 0.1) is 11.3 Å². The van der Waals surface area contributed by atoms with Gasteiger partial charge >= 0.3 is 0 Å². The Balaban J connectivity index is 2.07. The van der Waals surface area contributed by atoms with E-state index in [1.165, 1.54) is 12.1 Å². The normalized spacial score (nSPS) is 24.2. The number of nitrogens with two attached hydrogens (primary N) is 1. The summed E-state index contributed by atoms with van der Waals surface area (Å²) < 4.78 is 13.3. The lowest BCUT2D eigenvalue weighted by Gasteiger charge is -2.35. The van der Waals surface area contributed by atoms with E-state index in [1.807, 2.05) is 0 Å². The Morgan fingerprint density at radius 3 is 2.95 bits per heavy atom. The highest BCUT2D eigenvalue weighted by Crippen LogP contribution is 2.19. The van der Waals surface area contributed by atoms with Gasteiger partial charge in [0.1, 0.15) is 5.82 Å². The van der Waals surface area contributed by atoms with Gasteiger partial charge in [-0.25, -0.2) is 4.39 Å². The number of carbonyl (C=O) groups excluding carboxylic acids is 1. The van der Waals surface area contributed by atoms with E-state index in [0.29, 0.717) is 5.92 Å². The molecule has 1 aromatic carbocycles. The molecule has 0 aromatic heterocycles. The van der Waals surface area contributed by atoms with Crippen molar-refractivity contribution in [3.8, 4) is 0 Å². The number of nitrogens with one attached hydrogen (secondary N) is 1. The molecule has 1 aliphatic rings. The molecule has 2 atom stereocenters. The average Bonchev–Trinajstić information content (AvgIpc) is 2.36. The molecule has 2 unspecified atom stereocenters. The van der Waals surface area contributed by atoms with Gasteiger partial charge in [0.15, 0.2) is 0 Å². The molecular weight excluding hydrogens is 245 g/mol. The van der Waals surface area contributed by atoms with Crippen molar-refractivity contribution in [3.63, 3.8) is 0 Å². The van der Waals surface area contributed by atoms with Crippen LogP contribution >= 0.6 is 0 Å². The van der Waals surface area contributed by atoms with E-state index in [-0.39, 0.29) is 23.2 Å². The molecule has 0 radical (unpaired) electrons. The quantitative estimate of drug-likeness (QED) is 0.796. The summed E-state index contributed by atoms with van der Waals surface area (Å²) in [4.78, 5) is 14.4. The first kappa shape index (κ1) is 13.8. The lowest BCUT2D eigenvalue weighted by atomic mass is 9.94. The number of hydrogen-bond acceptors (Lipinski definition) is 3. The predicted octanol–water partition coefficient (Wildman–Crippen LogP) is 1.48. The molecule has 1 heterocycles. The monoisotopic (exact) mass is 265 g/mol. The number of nitrogens with zero attached hydrogens (tertiary/aromatic N) is 1. The van der Waals surface area contributed by atoms with Crippen molar-refractivity contribution >= 4 is 11.6 Å². The maximum Gasteiger partial charge on any atom is 0.253 e. The molecule has 0 spiro atoms. The molecule has 2 rings (SSSR count). The fourth-order valence-electron chi connectivity index (χ4n) is 2.55. The van der Waals surface area contributed by atoms with Gasteiger partial charge in [-0.15, -0.1) is 0 Å². The number of amides is 1.